The van der Waals surface area contributed by atoms with Gasteiger partial charge in [0.15, 0.2) is 11.5 Å². The first kappa shape index (κ1) is 23.4. The third-order valence-corrected chi connectivity index (χ3v) is 5.67. The van der Waals surface area contributed by atoms with Gasteiger partial charge in [0.1, 0.15) is 12.4 Å². The minimum absolute atomic E-state index is 0.244. The van der Waals surface area contributed by atoms with E-state index in [1.807, 2.05) is 19.1 Å². The molecule has 0 aliphatic carbocycles. The lowest BCUT2D eigenvalue weighted by Crippen LogP contribution is -2.02. The Morgan fingerprint density at radius 3 is 2.61 bits per heavy atom. The van der Waals surface area contributed by atoms with Gasteiger partial charge in [0.2, 0.25) is 0 Å². The summed E-state index contributed by atoms with van der Waals surface area (Å²) >= 11 is 14.4. The predicted molar refractivity (Wildman–Crippen MR) is 131 cm³/mol. The molecule has 0 aliphatic rings. The zero-order valence-electron chi connectivity index (χ0n) is 16.5. The van der Waals surface area contributed by atoms with Gasteiger partial charge < -0.3 is 9.47 Å². The third-order valence-electron chi connectivity index (χ3n) is 4.29. The van der Waals surface area contributed by atoms with Gasteiger partial charge in [-0.25, -0.2) is 4.39 Å². The van der Waals surface area contributed by atoms with Gasteiger partial charge >= 0.3 is 0 Å². The Kier molecular flexibility index (Phi) is 8.19. The number of nitrogens with zero attached hydrogens (tertiary/aromatic N) is 1. The molecule has 31 heavy (non-hydrogen) atoms. The molecule has 0 spiro atoms. The highest BCUT2D eigenvalue weighted by atomic mass is 127. The fourth-order valence-corrected chi connectivity index (χ4v) is 4.11. The van der Waals surface area contributed by atoms with Crippen molar-refractivity contribution >= 4 is 57.4 Å². The smallest absolute Gasteiger partial charge is 0.175 e. The van der Waals surface area contributed by atoms with E-state index in [4.69, 9.17) is 32.7 Å². The summed E-state index contributed by atoms with van der Waals surface area (Å²) in [5.74, 6) is 0.727. The quantitative estimate of drug-likeness (QED) is 0.166. The summed E-state index contributed by atoms with van der Waals surface area (Å²) in [5, 5.41) is 10.6. The van der Waals surface area contributed by atoms with Crippen LogP contribution >= 0.6 is 45.8 Å². The Labute approximate surface area is 204 Å². The van der Waals surface area contributed by atoms with Crippen LogP contribution < -0.4 is 9.47 Å². The zero-order chi connectivity index (χ0) is 22.4. The molecule has 3 aromatic carbocycles. The van der Waals surface area contributed by atoms with Crippen molar-refractivity contribution < 1.29 is 13.9 Å². The van der Waals surface area contributed by atoms with Gasteiger partial charge in [0.25, 0.3) is 0 Å². The topological polar surface area (TPSA) is 42.2 Å². The summed E-state index contributed by atoms with van der Waals surface area (Å²) < 4.78 is 26.2. The zero-order valence-corrected chi connectivity index (χ0v) is 20.1. The fourth-order valence-electron chi connectivity index (χ4n) is 2.87. The molecule has 0 amide bonds. The third kappa shape index (κ3) is 6.13. The van der Waals surface area contributed by atoms with Crippen molar-refractivity contribution in [3.63, 3.8) is 0 Å². The predicted octanol–water partition coefficient (Wildman–Crippen LogP) is 7.78. The van der Waals surface area contributed by atoms with Crippen molar-refractivity contribution in [2.45, 2.75) is 13.5 Å². The maximum Gasteiger partial charge on any atom is 0.175 e. The molecule has 0 saturated heterocycles. The molecule has 0 atom stereocenters. The lowest BCUT2D eigenvalue weighted by molar-refractivity contribution is 0.267. The highest BCUT2D eigenvalue weighted by Crippen LogP contribution is 2.36. The van der Waals surface area contributed by atoms with Gasteiger partial charge in [-0.2, -0.15) is 5.26 Å². The van der Waals surface area contributed by atoms with Crippen LogP contribution in [-0.2, 0) is 6.61 Å². The second kappa shape index (κ2) is 10.9. The summed E-state index contributed by atoms with van der Waals surface area (Å²) in [6.07, 6.45) is 1.69. The molecule has 7 heteroatoms. The number of halogens is 4. The Hall–Kier alpha value is -2.27. The van der Waals surface area contributed by atoms with Crippen molar-refractivity contribution in [1.29, 1.82) is 5.26 Å². The molecular weight excluding hydrogens is 551 g/mol. The molecule has 0 unspecified atom stereocenters. The van der Waals surface area contributed by atoms with Crippen LogP contribution in [0.4, 0.5) is 4.39 Å². The Balaban J connectivity index is 1.93. The number of hydrogen-bond donors (Lipinski definition) is 0. The van der Waals surface area contributed by atoms with Crippen LogP contribution in [0.15, 0.2) is 54.6 Å². The number of nitriles is 1. The van der Waals surface area contributed by atoms with Crippen molar-refractivity contribution in [2.75, 3.05) is 6.61 Å². The van der Waals surface area contributed by atoms with Crippen LogP contribution in [0.1, 0.15) is 23.6 Å². The SMILES string of the molecule is CCOc1cc(/C=C(/C#N)c2cccc(F)c2)cc(I)c1OCc1ccc(Cl)cc1Cl. The number of hydrogen-bond acceptors (Lipinski definition) is 3. The minimum atomic E-state index is -0.396. The van der Waals surface area contributed by atoms with Crippen LogP contribution in [0, 0.1) is 20.7 Å². The molecule has 0 heterocycles. The summed E-state index contributed by atoms with van der Waals surface area (Å²) in [7, 11) is 0. The molecule has 0 fully saturated rings. The maximum atomic E-state index is 13.6. The normalized spacial score (nSPS) is 11.2. The summed E-state index contributed by atoms with van der Waals surface area (Å²) in [6, 6.07) is 17.0. The fraction of sp³-hybridized carbons (Fsp3) is 0.125. The lowest BCUT2D eigenvalue weighted by atomic mass is 10.0. The first-order chi connectivity index (χ1) is 14.9. The first-order valence-electron chi connectivity index (χ1n) is 9.32. The van der Waals surface area contributed by atoms with Crippen LogP contribution in [-0.4, -0.2) is 6.61 Å². The van der Waals surface area contributed by atoms with E-state index in [-0.39, 0.29) is 6.61 Å². The maximum absolute atomic E-state index is 13.6. The molecule has 158 valence electrons. The Morgan fingerprint density at radius 2 is 1.94 bits per heavy atom. The largest absolute Gasteiger partial charge is 0.490 e. The Morgan fingerprint density at radius 1 is 1.13 bits per heavy atom. The summed E-state index contributed by atoms with van der Waals surface area (Å²) in [5.41, 5.74) is 2.39. The molecule has 0 aliphatic heterocycles. The van der Waals surface area contributed by atoms with Gasteiger partial charge in [-0.15, -0.1) is 0 Å². The second-order valence-electron chi connectivity index (χ2n) is 6.47. The first-order valence-corrected chi connectivity index (χ1v) is 11.2. The molecule has 0 N–H and O–H groups in total. The van der Waals surface area contributed by atoms with Gasteiger partial charge in [0, 0.05) is 15.6 Å². The standard InChI is InChI=1S/C24H17Cl2FINO2/c1-2-30-23-10-15(8-18(13-29)16-4-3-5-20(27)11-16)9-22(28)24(23)31-14-17-6-7-19(25)12-21(17)26/h3-12H,2,14H2,1H3/b18-8-. The van der Waals surface area contributed by atoms with Crippen molar-refractivity contribution in [3.05, 3.63) is 90.7 Å². The van der Waals surface area contributed by atoms with E-state index in [1.54, 1.807) is 36.4 Å². The van der Waals surface area contributed by atoms with E-state index in [1.165, 1.54) is 12.1 Å². The van der Waals surface area contributed by atoms with E-state index >= 15 is 0 Å². The minimum Gasteiger partial charge on any atom is -0.490 e. The average molecular weight is 568 g/mol. The highest BCUT2D eigenvalue weighted by molar-refractivity contribution is 14.1. The second-order valence-corrected chi connectivity index (χ2v) is 8.47. The molecule has 0 saturated carbocycles. The van der Waals surface area contributed by atoms with Gasteiger partial charge in [0.05, 0.1) is 21.8 Å². The summed E-state index contributed by atoms with van der Waals surface area (Å²) in [6.45, 7) is 2.56. The number of allylic oxidation sites excluding steroid dienone is 1. The van der Waals surface area contributed by atoms with E-state index in [2.05, 4.69) is 28.7 Å². The van der Waals surface area contributed by atoms with Crippen molar-refractivity contribution in [2.24, 2.45) is 0 Å². The molecule has 0 radical (unpaired) electrons. The molecular formula is C24H17Cl2FINO2. The van der Waals surface area contributed by atoms with E-state index in [0.717, 1.165) is 14.7 Å². The van der Waals surface area contributed by atoms with Crippen molar-refractivity contribution in [1.82, 2.24) is 0 Å². The highest BCUT2D eigenvalue weighted by Gasteiger charge is 2.14. The molecule has 3 aromatic rings. The van der Waals surface area contributed by atoms with Gasteiger partial charge in [-0.1, -0.05) is 41.4 Å². The van der Waals surface area contributed by atoms with Gasteiger partial charge in [-0.05, 0) is 83.1 Å². The monoisotopic (exact) mass is 567 g/mol. The van der Waals surface area contributed by atoms with Crippen molar-refractivity contribution in [3.8, 4) is 17.6 Å². The van der Waals surface area contributed by atoms with Crippen LogP contribution in [0.2, 0.25) is 10.0 Å². The summed E-state index contributed by atoms with van der Waals surface area (Å²) in [4.78, 5) is 0. The molecule has 3 nitrogen and oxygen atoms in total. The molecule has 3 rings (SSSR count). The number of benzene rings is 3. The molecule has 0 aromatic heterocycles. The lowest BCUT2D eigenvalue weighted by Gasteiger charge is -2.15. The number of rotatable bonds is 7. The van der Waals surface area contributed by atoms with E-state index < -0.39 is 5.82 Å². The Bertz CT molecular complexity index is 1170. The van der Waals surface area contributed by atoms with Gasteiger partial charge in [-0.3, -0.25) is 0 Å². The van der Waals surface area contributed by atoms with Crippen LogP contribution in [0.5, 0.6) is 11.5 Å². The van der Waals surface area contributed by atoms with Crippen LogP contribution in [0.25, 0.3) is 11.6 Å². The number of ether oxygens (including phenoxy) is 2. The van der Waals surface area contributed by atoms with Crippen LogP contribution in [0.3, 0.4) is 0 Å². The van der Waals surface area contributed by atoms with E-state index in [9.17, 15) is 9.65 Å². The average Bonchev–Trinajstić information content (AvgIpc) is 2.73. The molecule has 0 bridgehead atoms. The van der Waals surface area contributed by atoms with E-state index in [0.29, 0.717) is 39.3 Å².